The average Bonchev–Trinajstić information content (AvgIpc) is 2.60. The first-order chi connectivity index (χ1) is 12.6. The van der Waals surface area contributed by atoms with Crippen LogP contribution in [0.25, 0.3) is 0 Å². The lowest BCUT2D eigenvalue weighted by Crippen LogP contribution is -2.37. The van der Waals surface area contributed by atoms with Gasteiger partial charge < -0.3 is 10.1 Å². The number of anilines is 2. The highest BCUT2D eigenvalue weighted by Crippen LogP contribution is 2.21. The van der Waals surface area contributed by atoms with Gasteiger partial charge in [0, 0.05) is 5.69 Å². The molecule has 0 aromatic heterocycles. The number of sulfonamides is 1. The zero-order valence-electron chi connectivity index (χ0n) is 15.6. The van der Waals surface area contributed by atoms with E-state index in [4.69, 9.17) is 0 Å². The number of nitrogens with zero attached hydrogens (tertiary/aromatic N) is 1. The lowest BCUT2D eigenvalue weighted by Gasteiger charge is -2.22. The van der Waals surface area contributed by atoms with Crippen molar-refractivity contribution in [2.75, 3.05) is 29.5 Å². The van der Waals surface area contributed by atoms with Gasteiger partial charge in [-0.1, -0.05) is 23.8 Å². The van der Waals surface area contributed by atoms with E-state index >= 15 is 0 Å². The Morgan fingerprint density at radius 2 is 1.81 bits per heavy atom. The maximum Gasteiger partial charge on any atom is 0.337 e. The van der Waals surface area contributed by atoms with Gasteiger partial charge in [0.05, 0.1) is 24.6 Å². The highest BCUT2D eigenvalue weighted by Gasteiger charge is 2.22. The zero-order chi connectivity index (χ0) is 20.2. The number of benzene rings is 2. The maximum absolute atomic E-state index is 12.4. The van der Waals surface area contributed by atoms with Gasteiger partial charge in [-0.15, -0.1) is 0 Å². The van der Waals surface area contributed by atoms with E-state index < -0.39 is 28.4 Å². The smallest absolute Gasteiger partial charge is 0.337 e. The molecule has 0 bridgehead atoms. The Hall–Kier alpha value is -2.87. The Balaban J connectivity index is 2.27. The molecule has 144 valence electrons. The van der Waals surface area contributed by atoms with Gasteiger partial charge in [-0.2, -0.15) is 0 Å². The Morgan fingerprint density at radius 3 is 2.41 bits per heavy atom. The number of hydrogen-bond donors (Lipinski definition) is 1. The van der Waals surface area contributed by atoms with Crippen LogP contribution in [0.5, 0.6) is 0 Å². The first kappa shape index (κ1) is 20.4. The standard InChI is InChI=1S/C19H22N2O5S/c1-13-8-9-17(14(2)10-13)20-18(22)12-21(27(4,24)25)16-7-5-6-15(11-16)19(23)26-3/h5-11H,12H2,1-4H3,(H,20,22). The molecule has 27 heavy (non-hydrogen) atoms. The fourth-order valence-electron chi connectivity index (χ4n) is 2.58. The Morgan fingerprint density at radius 1 is 1.11 bits per heavy atom. The van der Waals surface area contributed by atoms with E-state index in [1.807, 2.05) is 26.0 Å². The first-order valence-corrected chi connectivity index (χ1v) is 10.00. The molecule has 8 heteroatoms. The SMILES string of the molecule is COC(=O)c1cccc(N(CC(=O)Nc2ccc(C)cc2C)S(C)(=O)=O)c1. The van der Waals surface area contributed by atoms with E-state index in [0.29, 0.717) is 5.69 Å². The Kier molecular flexibility index (Phi) is 6.22. The molecular weight excluding hydrogens is 368 g/mol. The van der Waals surface area contributed by atoms with Crippen molar-refractivity contribution < 1.29 is 22.7 Å². The van der Waals surface area contributed by atoms with Crippen LogP contribution in [0.15, 0.2) is 42.5 Å². The average molecular weight is 390 g/mol. The predicted octanol–water partition coefficient (Wildman–Crippen LogP) is 2.49. The highest BCUT2D eigenvalue weighted by molar-refractivity contribution is 7.92. The van der Waals surface area contributed by atoms with Gasteiger partial charge in [0.15, 0.2) is 0 Å². The van der Waals surface area contributed by atoms with Crippen molar-refractivity contribution in [3.8, 4) is 0 Å². The van der Waals surface area contributed by atoms with Crippen molar-refractivity contribution in [1.29, 1.82) is 0 Å². The van der Waals surface area contributed by atoms with Crippen LogP contribution in [0.2, 0.25) is 0 Å². The number of amides is 1. The number of carbonyl (C=O) groups excluding carboxylic acids is 2. The van der Waals surface area contributed by atoms with Crippen molar-refractivity contribution in [3.63, 3.8) is 0 Å². The van der Waals surface area contributed by atoms with Gasteiger partial charge in [-0.3, -0.25) is 9.10 Å². The molecule has 1 amide bonds. The molecular formula is C19H22N2O5S. The summed E-state index contributed by atoms with van der Waals surface area (Å²) >= 11 is 0. The second-order valence-corrected chi connectivity index (χ2v) is 8.08. The molecule has 0 radical (unpaired) electrons. The van der Waals surface area contributed by atoms with E-state index in [-0.39, 0.29) is 11.3 Å². The van der Waals surface area contributed by atoms with E-state index in [0.717, 1.165) is 21.7 Å². The molecule has 2 rings (SSSR count). The minimum absolute atomic E-state index is 0.193. The summed E-state index contributed by atoms with van der Waals surface area (Å²) in [5.74, 6) is -1.08. The van der Waals surface area contributed by atoms with Crippen molar-refractivity contribution >= 4 is 33.3 Å². The number of hydrogen-bond acceptors (Lipinski definition) is 5. The van der Waals surface area contributed by atoms with Crippen LogP contribution >= 0.6 is 0 Å². The first-order valence-electron chi connectivity index (χ1n) is 8.15. The van der Waals surface area contributed by atoms with Crippen molar-refractivity contribution in [3.05, 3.63) is 59.2 Å². The fraction of sp³-hybridized carbons (Fsp3) is 0.263. The molecule has 0 aliphatic heterocycles. The molecule has 0 atom stereocenters. The molecule has 0 spiro atoms. The van der Waals surface area contributed by atoms with Gasteiger partial charge in [0.25, 0.3) is 0 Å². The van der Waals surface area contributed by atoms with Crippen molar-refractivity contribution in [1.82, 2.24) is 0 Å². The molecule has 0 aliphatic rings. The summed E-state index contributed by atoms with van der Waals surface area (Å²) in [6.07, 6.45) is 1.00. The summed E-state index contributed by atoms with van der Waals surface area (Å²) < 4.78 is 30.0. The van der Waals surface area contributed by atoms with Crippen LogP contribution in [0.3, 0.4) is 0 Å². The quantitative estimate of drug-likeness (QED) is 0.765. The Labute approximate surface area is 159 Å². The van der Waals surface area contributed by atoms with Gasteiger partial charge in [0.2, 0.25) is 15.9 Å². The number of ether oxygens (including phenoxy) is 1. The predicted molar refractivity (Wildman–Crippen MR) is 105 cm³/mol. The molecule has 2 aromatic rings. The summed E-state index contributed by atoms with van der Waals surface area (Å²) in [5.41, 5.74) is 2.95. The zero-order valence-corrected chi connectivity index (χ0v) is 16.5. The number of carbonyl (C=O) groups is 2. The number of methoxy groups -OCH3 is 1. The molecule has 7 nitrogen and oxygen atoms in total. The van der Waals surface area contributed by atoms with Crippen molar-refractivity contribution in [2.24, 2.45) is 0 Å². The van der Waals surface area contributed by atoms with Gasteiger partial charge in [-0.25, -0.2) is 13.2 Å². The van der Waals surface area contributed by atoms with E-state index in [1.165, 1.54) is 31.4 Å². The minimum atomic E-state index is -3.75. The van der Waals surface area contributed by atoms with Gasteiger partial charge in [0.1, 0.15) is 6.54 Å². The topological polar surface area (TPSA) is 92.8 Å². The molecule has 1 N–H and O–H groups in total. The minimum Gasteiger partial charge on any atom is -0.465 e. The van der Waals surface area contributed by atoms with Crippen LogP contribution in [-0.4, -0.2) is 40.2 Å². The molecule has 0 unspecified atom stereocenters. The third-order valence-electron chi connectivity index (χ3n) is 3.90. The second-order valence-electron chi connectivity index (χ2n) is 6.18. The number of esters is 1. The molecule has 0 saturated heterocycles. The lowest BCUT2D eigenvalue weighted by atomic mass is 10.1. The van der Waals surface area contributed by atoms with Crippen LogP contribution in [-0.2, 0) is 19.6 Å². The van der Waals surface area contributed by atoms with E-state index in [1.54, 1.807) is 6.07 Å². The van der Waals surface area contributed by atoms with Crippen molar-refractivity contribution in [2.45, 2.75) is 13.8 Å². The normalized spacial score (nSPS) is 11.0. The molecule has 0 fully saturated rings. The lowest BCUT2D eigenvalue weighted by molar-refractivity contribution is -0.114. The number of nitrogens with one attached hydrogen (secondary N) is 1. The molecule has 0 aliphatic carbocycles. The number of aryl methyl sites for hydroxylation is 2. The molecule has 0 saturated carbocycles. The third kappa shape index (κ3) is 5.30. The van der Waals surface area contributed by atoms with E-state index in [2.05, 4.69) is 10.1 Å². The summed E-state index contributed by atoms with van der Waals surface area (Å²) in [6, 6.07) is 11.5. The van der Waals surface area contributed by atoms with Gasteiger partial charge in [-0.05, 0) is 43.7 Å². The van der Waals surface area contributed by atoms with Crippen LogP contribution in [0, 0.1) is 13.8 Å². The molecule has 0 heterocycles. The monoisotopic (exact) mass is 390 g/mol. The third-order valence-corrected chi connectivity index (χ3v) is 5.04. The van der Waals surface area contributed by atoms with Crippen LogP contribution in [0.4, 0.5) is 11.4 Å². The van der Waals surface area contributed by atoms with Gasteiger partial charge >= 0.3 is 5.97 Å². The summed E-state index contributed by atoms with van der Waals surface area (Å²) in [4.78, 5) is 24.1. The molecule has 2 aromatic carbocycles. The highest BCUT2D eigenvalue weighted by atomic mass is 32.2. The summed E-state index contributed by atoms with van der Waals surface area (Å²) in [7, 11) is -2.51. The Bertz CT molecular complexity index is 970. The summed E-state index contributed by atoms with van der Waals surface area (Å²) in [5, 5.41) is 2.72. The number of rotatable bonds is 6. The summed E-state index contributed by atoms with van der Waals surface area (Å²) in [6.45, 7) is 3.38. The second kappa shape index (κ2) is 8.22. The largest absolute Gasteiger partial charge is 0.465 e. The fourth-order valence-corrected chi connectivity index (χ4v) is 3.43. The van der Waals surface area contributed by atoms with E-state index in [9.17, 15) is 18.0 Å². The maximum atomic E-state index is 12.4. The van der Waals surface area contributed by atoms with Crippen LogP contribution in [0.1, 0.15) is 21.5 Å². The van der Waals surface area contributed by atoms with Crippen LogP contribution < -0.4 is 9.62 Å².